The quantitative estimate of drug-likeness (QED) is 0.781. The lowest BCUT2D eigenvalue weighted by Crippen LogP contribution is -2.21. The molecule has 2 nitrogen and oxygen atoms in total. The second-order valence-corrected chi connectivity index (χ2v) is 5.09. The van der Waals surface area contributed by atoms with E-state index in [2.05, 4.69) is 18.7 Å². The third-order valence-electron chi connectivity index (χ3n) is 3.82. The number of benzene rings is 1. The van der Waals surface area contributed by atoms with Gasteiger partial charge in [0.2, 0.25) is 0 Å². The second-order valence-electron chi connectivity index (χ2n) is 5.09. The molecule has 0 spiro atoms. The van der Waals surface area contributed by atoms with Gasteiger partial charge in [-0.2, -0.15) is 0 Å². The molecule has 2 rings (SSSR count). The molecule has 1 fully saturated rings. The van der Waals surface area contributed by atoms with Crippen LogP contribution in [0.25, 0.3) is 0 Å². The minimum atomic E-state index is -0.173. The van der Waals surface area contributed by atoms with Gasteiger partial charge in [-0.25, -0.2) is 0 Å². The summed E-state index contributed by atoms with van der Waals surface area (Å²) in [4.78, 5) is 0. The molecule has 1 N–H and O–H groups in total. The number of rotatable bonds is 6. The summed E-state index contributed by atoms with van der Waals surface area (Å²) in [6, 6.07) is 10.2. The number of hydrogen-bond donors (Lipinski definition) is 1. The normalized spacial score (nSPS) is 27.3. The van der Waals surface area contributed by atoms with Crippen LogP contribution in [-0.2, 0) is 11.3 Å². The van der Waals surface area contributed by atoms with E-state index in [1.54, 1.807) is 0 Å². The molecule has 0 unspecified atom stereocenters. The Labute approximate surface area is 109 Å². The molecular formula is C16H22O2. The van der Waals surface area contributed by atoms with Gasteiger partial charge in [0, 0.05) is 0 Å². The highest BCUT2D eigenvalue weighted by molar-refractivity contribution is 5.13. The van der Waals surface area contributed by atoms with Crippen LogP contribution < -0.4 is 0 Å². The highest BCUT2D eigenvalue weighted by atomic mass is 16.5. The Hall–Kier alpha value is -1.12. The van der Waals surface area contributed by atoms with Crippen LogP contribution in [0.2, 0.25) is 0 Å². The number of aliphatic hydroxyl groups is 1. The summed E-state index contributed by atoms with van der Waals surface area (Å²) in [6.45, 7) is 5.17. The van der Waals surface area contributed by atoms with Crippen molar-refractivity contribution in [3.05, 3.63) is 48.6 Å². The molecule has 98 valence electrons. The van der Waals surface area contributed by atoms with E-state index in [-0.39, 0.29) is 6.10 Å². The second kappa shape index (κ2) is 6.72. The van der Waals surface area contributed by atoms with E-state index in [1.807, 2.05) is 24.3 Å². The molecule has 1 aliphatic carbocycles. The van der Waals surface area contributed by atoms with Crippen LogP contribution in [0.15, 0.2) is 43.0 Å². The summed E-state index contributed by atoms with van der Waals surface area (Å²) in [5, 5.41) is 9.90. The van der Waals surface area contributed by atoms with Crippen molar-refractivity contribution in [1.82, 2.24) is 0 Å². The van der Waals surface area contributed by atoms with E-state index in [0.29, 0.717) is 18.4 Å². The van der Waals surface area contributed by atoms with Gasteiger partial charge in [0.25, 0.3) is 0 Å². The van der Waals surface area contributed by atoms with Crippen molar-refractivity contribution < 1.29 is 9.84 Å². The van der Waals surface area contributed by atoms with E-state index in [0.717, 1.165) is 25.9 Å². The minimum absolute atomic E-state index is 0.173. The summed E-state index contributed by atoms with van der Waals surface area (Å²) in [5.41, 5.74) is 1.20. The van der Waals surface area contributed by atoms with Gasteiger partial charge in [-0.1, -0.05) is 36.4 Å². The summed E-state index contributed by atoms with van der Waals surface area (Å²) in [6.07, 6.45) is 4.59. The van der Waals surface area contributed by atoms with Crippen LogP contribution in [0.5, 0.6) is 0 Å². The fourth-order valence-corrected chi connectivity index (χ4v) is 2.78. The van der Waals surface area contributed by atoms with Gasteiger partial charge in [0.1, 0.15) is 0 Å². The molecule has 3 atom stereocenters. The Morgan fingerprint density at radius 2 is 2.06 bits per heavy atom. The first kappa shape index (κ1) is 13.3. The van der Waals surface area contributed by atoms with Gasteiger partial charge in [0.05, 0.1) is 19.3 Å². The van der Waals surface area contributed by atoms with Crippen molar-refractivity contribution >= 4 is 0 Å². The van der Waals surface area contributed by atoms with Gasteiger partial charge >= 0.3 is 0 Å². The van der Waals surface area contributed by atoms with E-state index >= 15 is 0 Å². The summed E-state index contributed by atoms with van der Waals surface area (Å²) < 4.78 is 5.78. The first-order valence-electron chi connectivity index (χ1n) is 6.72. The molecule has 1 saturated carbocycles. The maximum atomic E-state index is 9.90. The molecule has 1 aliphatic rings. The monoisotopic (exact) mass is 246 g/mol. The van der Waals surface area contributed by atoms with Crippen LogP contribution in [0, 0.1) is 11.8 Å². The minimum Gasteiger partial charge on any atom is -0.393 e. The molecule has 0 radical (unpaired) electrons. The first-order valence-corrected chi connectivity index (χ1v) is 6.72. The Balaban J connectivity index is 1.77. The lowest BCUT2D eigenvalue weighted by molar-refractivity contribution is 0.0518. The average molecular weight is 246 g/mol. The van der Waals surface area contributed by atoms with Crippen LogP contribution >= 0.6 is 0 Å². The largest absolute Gasteiger partial charge is 0.393 e. The summed E-state index contributed by atoms with van der Waals surface area (Å²) in [7, 11) is 0. The van der Waals surface area contributed by atoms with E-state index in [1.165, 1.54) is 5.56 Å². The van der Waals surface area contributed by atoms with Gasteiger partial charge < -0.3 is 9.84 Å². The Kier molecular flexibility index (Phi) is 4.97. The fraction of sp³-hybridized carbons (Fsp3) is 0.500. The average Bonchev–Trinajstić information content (AvgIpc) is 2.73. The van der Waals surface area contributed by atoms with Crippen LogP contribution in [0.4, 0.5) is 0 Å². The van der Waals surface area contributed by atoms with E-state index < -0.39 is 0 Å². The Morgan fingerprint density at radius 1 is 1.28 bits per heavy atom. The standard InChI is InChI=1S/C16H22O2/c1-2-6-15-14(9-10-16(15)17)12-18-11-13-7-4-3-5-8-13/h2-5,7-8,14-17H,1,6,9-12H2/t14-,15-,16+/m0/s1. The Bertz CT molecular complexity index is 361. The maximum Gasteiger partial charge on any atom is 0.0717 e. The van der Waals surface area contributed by atoms with Gasteiger partial charge in [-0.05, 0) is 36.7 Å². The molecule has 18 heavy (non-hydrogen) atoms. The zero-order chi connectivity index (χ0) is 12.8. The maximum absolute atomic E-state index is 9.90. The number of allylic oxidation sites excluding steroid dienone is 1. The summed E-state index contributed by atoms with van der Waals surface area (Å²) in [5.74, 6) is 0.806. The molecule has 0 bridgehead atoms. The van der Waals surface area contributed by atoms with E-state index in [4.69, 9.17) is 4.74 Å². The fourth-order valence-electron chi connectivity index (χ4n) is 2.78. The molecule has 0 saturated heterocycles. The lowest BCUT2D eigenvalue weighted by atomic mass is 9.92. The molecule has 1 aromatic rings. The number of ether oxygens (including phenoxy) is 1. The zero-order valence-corrected chi connectivity index (χ0v) is 10.8. The zero-order valence-electron chi connectivity index (χ0n) is 10.8. The van der Waals surface area contributed by atoms with Crippen molar-refractivity contribution in [2.75, 3.05) is 6.61 Å². The highest BCUT2D eigenvalue weighted by Gasteiger charge is 2.33. The molecular weight excluding hydrogens is 224 g/mol. The number of hydrogen-bond acceptors (Lipinski definition) is 2. The molecule has 0 heterocycles. The van der Waals surface area contributed by atoms with Crippen molar-refractivity contribution in [2.24, 2.45) is 11.8 Å². The van der Waals surface area contributed by atoms with Gasteiger partial charge in [-0.3, -0.25) is 0 Å². The highest BCUT2D eigenvalue weighted by Crippen LogP contribution is 2.35. The lowest BCUT2D eigenvalue weighted by Gasteiger charge is -2.20. The molecule has 0 amide bonds. The van der Waals surface area contributed by atoms with E-state index in [9.17, 15) is 5.11 Å². The van der Waals surface area contributed by atoms with Crippen molar-refractivity contribution in [2.45, 2.75) is 32.0 Å². The van der Waals surface area contributed by atoms with Crippen molar-refractivity contribution in [1.29, 1.82) is 0 Å². The Morgan fingerprint density at radius 3 is 2.78 bits per heavy atom. The van der Waals surface area contributed by atoms with Crippen LogP contribution in [0.1, 0.15) is 24.8 Å². The van der Waals surface area contributed by atoms with Gasteiger partial charge in [-0.15, -0.1) is 6.58 Å². The third-order valence-corrected chi connectivity index (χ3v) is 3.82. The molecule has 0 aliphatic heterocycles. The first-order chi connectivity index (χ1) is 8.81. The summed E-state index contributed by atoms with van der Waals surface area (Å²) >= 11 is 0. The third kappa shape index (κ3) is 3.44. The number of aliphatic hydroxyl groups excluding tert-OH is 1. The van der Waals surface area contributed by atoms with Gasteiger partial charge in [0.15, 0.2) is 0 Å². The smallest absolute Gasteiger partial charge is 0.0717 e. The predicted octanol–water partition coefficient (Wildman–Crippen LogP) is 3.17. The molecule has 0 aromatic heterocycles. The van der Waals surface area contributed by atoms with Crippen molar-refractivity contribution in [3.63, 3.8) is 0 Å². The van der Waals surface area contributed by atoms with Crippen molar-refractivity contribution in [3.8, 4) is 0 Å². The predicted molar refractivity (Wildman–Crippen MR) is 73.1 cm³/mol. The van der Waals surface area contributed by atoms with Crippen LogP contribution in [0.3, 0.4) is 0 Å². The SMILES string of the molecule is C=CC[C@H]1[C@H](COCc2ccccc2)CC[C@H]1O. The molecule has 2 heteroatoms. The topological polar surface area (TPSA) is 29.5 Å². The molecule has 1 aromatic carbocycles. The van der Waals surface area contributed by atoms with Crippen LogP contribution in [-0.4, -0.2) is 17.8 Å².